The largest absolute Gasteiger partial charge is 0.368 e. The summed E-state index contributed by atoms with van der Waals surface area (Å²) in [4.78, 5) is 20.6. The first kappa shape index (κ1) is 19.9. The van der Waals surface area contributed by atoms with Gasteiger partial charge in [0.05, 0.1) is 12.1 Å². The normalized spacial score (nSPS) is 13.1. The van der Waals surface area contributed by atoms with Crippen molar-refractivity contribution in [1.82, 2.24) is 0 Å². The molecule has 0 aliphatic heterocycles. The standard InChI is InChI=1S/2C5H12N2OS/c2*1-9-3-2-4(6)5(7)8/h2*4H,2-3,6H2,1H3,(H2,7,8). The van der Waals surface area contributed by atoms with Crippen molar-refractivity contribution in [3.05, 3.63) is 0 Å². The Kier molecular flexibility index (Phi) is 14.4. The van der Waals surface area contributed by atoms with Crippen LogP contribution in [0.5, 0.6) is 0 Å². The molecule has 0 fully saturated rings. The molecule has 2 unspecified atom stereocenters. The van der Waals surface area contributed by atoms with E-state index < -0.39 is 23.9 Å². The summed E-state index contributed by atoms with van der Waals surface area (Å²) in [5.74, 6) is 0.960. The highest BCUT2D eigenvalue weighted by Crippen LogP contribution is 1.97. The summed E-state index contributed by atoms with van der Waals surface area (Å²) in [6.45, 7) is 0. The number of thioether (sulfide) groups is 2. The van der Waals surface area contributed by atoms with E-state index in [1.165, 1.54) is 0 Å². The molecule has 2 atom stereocenters. The third kappa shape index (κ3) is 13.6. The van der Waals surface area contributed by atoms with E-state index >= 15 is 0 Å². The van der Waals surface area contributed by atoms with Crippen LogP contribution in [0.4, 0.5) is 0 Å². The Morgan fingerprint density at radius 2 is 1.17 bits per heavy atom. The lowest BCUT2D eigenvalue weighted by atomic mass is 10.2. The van der Waals surface area contributed by atoms with E-state index in [1.807, 2.05) is 12.5 Å². The highest BCUT2D eigenvalue weighted by atomic mass is 32.2. The van der Waals surface area contributed by atoms with Crippen LogP contribution in [0.1, 0.15) is 12.8 Å². The zero-order chi connectivity index (χ0) is 14.6. The Morgan fingerprint density at radius 1 is 0.889 bits per heavy atom. The Balaban J connectivity index is 0. The third-order valence-electron chi connectivity index (χ3n) is 2.00. The van der Waals surface area contributed by atoms with Crippen LogP contribution >= 0.6 is 23.5 Å². The van der Waals surface area contributed by atoms with E-state index in [4.69, 9.17) is 22.9 Å². The average molecular weight is 296 g/mol. The lowest BCUT2D eigenvalue weighted by Crippen LogP contribution is -2.36. The van der Waals surface area contributed by atoms with Crippen LogP contribution in [0, 0.1) is 0 Å². The molecule has 0 aliphatic carbocycles. The third-order valence-corrected chi connectivity index (χ3v) is 3.28. The maximum Gasteiger partial charge on any atom is 0.234 e. The molecule has 0 aromatic carbocycles. The molecule has 0 saturated heterocycles. The second-order valence-electron chi connectivity index (χ2n) is 3.58. The van der Waals surface area contributed by atoms with Gasteiger partial charge in [0.25, 0.3) is 0 Å². The van der Waals surface area contributed by atoms with Gasteiger partial charge in [0.2, 0.25) is 11.8 Å². The summed E-state index contributed by atoms with van der Waals surface area (Å²) in [6, 6.07) is -0.921. The zero-order valence-corrected chi connectivity index (χ0v) is 12.6. The van der Waals surface area contributed by atoms with E-state index in [0.717, 1.165) is 11.5 Å². The van der Waals surface area contributed by atoms with Crippen LogP contribution in [0.2, 0.25) is 0 Å². The molecule has 0 heterocycles. The molecule has 0 rings (SSSR count). The van der Waals surface area contributed by atoms with Crippen LogP contribution in [0.25, 0.3) is 0 Å². The molecule has 108 valence electrons. The van der Waals surface area contributed by atoms with Gasteiger partial charge in [0.1, 0.15) is 0 Å². The van der Waals surface area contributed by atoms with Crippen molar-refractivity contribution in [3.63, 3.8) is 0 Å². The molecule has 6 nitrogen and oxygen atoms in total. The first-order valence-corrected chi connectivity index (χ1v) is 8.23. The van der Waals surface area contributed by atoms with Gasteiger partial charge in [-0.15, -0.1) is 0 Å². The quantitative estimate of drug-likeness (QED) is 0.458. The minimum atomic E-state index is -0.461. The Labute approximate surface area is 117 Å². The Morgan fingerprint density at radius 3 is 1.33 bits per heavy atom. The van der Waals surface area contributed by atoms with Gasteiger partial charge in [0.15, 0.2) is 0 Å². The number of nitrogens with two attached hydrogens (primary N) is 4. The van der Waals surface area contributed by atoms with Crippen LogP contribution in [0.15, 0.2) is 0 Å². The minimum Gasteiger partial charge on any atom is -0.368 e. The van der Waals surface area contributed by atoms with Gasteiger partial charge in [-0.2, -0.15) is 23.5 Å². The molecular formula is C10H24N4O2S2. The maximum absolute atomic E-state index is 10.3. The van der Waals surface area contributed by atoms with Gasteiger partial charge in [-0.3, -0.25) is 9.59 Å². The van der Waals surface area contributed by atoms with E-state index in [-0.39, 0.29) is 0 Å². The molecule has 8 N–H and O–H groups in total. The SMILES string of the molecule is CSCCC(N)C(N)=O.CSCCC(N)C(N)=O. The van der Waals surface area contributed by atoms with Crippen LogP contribution < -0.4 is 22.9 Å². The van der Waals surface area contributed by atoms with Crippen LogP contribution in [-0.2, 0) is 9.59 Å². The topological polar surface area (TPSA) is 138 Å². The predicted octanol–water partition coefficient (Wildman–Crippen LogP) is -0.896. The van der Waals surface area contributed by atoms with Gasteiger partial charge >= 0.3 is 0 Å². The summed E-state index contributed by atoms with van der Waals surface area (Å²) in [6.07, 6.45) is 5.29. The van der Waals surface area contributed by atoms with Crippen molar-refractivity contribution < 1.29 is 9.59 Å². The van der Waals surface area contributed by atoms with Crippen molar-refractivity contribution in [1.29, 1.82) is 0 Å². The van der Waals surface area contributed by atoms with Crippen LogP contribution in [-0.4, -0.2) is 47.9 Å². The fourth-order valence-corrected chi connectivity index (χ4v) is 1.75. The van der Waals surface area contributed by atoms with E-state index in [0.29, 0.717) is 12.8 Å². The highest BCUT2D eigenvalue weighted by Gasteiger charge is 2.07. The summed E-state index contributed by atoms with van der Waals surface area (Å²) in [5, 5.41) is 0. The van der Waals surface area contributed by atoms with Gasteiger partial charge in [0, 0.05) is 0 Å². The first-order valence-electron chi connectivity index (χ1n) is 5.44. The van der Waals surface area contributed by atoms with E-state index in [9.17, 15) is 9.59 Å². The maximum atomic E-state index is 10.3. The van der Waals surface area contributed by atoms with E-state index in [2.05, 4.69) is 0 Å². The fourth-order valence-electron chi connectivity index (χ4n) is 0.774. The smallest absolute Gasteiger partial charge is 0.234 e. The Hall–Kier alpha value is -0.440. The average Bonchev–Trinajstić information content (AvgIpc) is 2.33. The summed E-state index contributed by atoms with van der Waals surface area (Å²) in [7, 11) is 0. The highest BCUT2D eigenvalue weighted by molar-refractivity contribution is 7.98. The van der Waals surface area contributed by atoms with Crippen molar-refractivity contribution in [2.45, 2.75) is 24.9 Å². The summed E-state index contributed by atoms with van der Waals surface area (Å²) >= 11 is 3.32. The Bertz CT molecular complexity index is 218. The number of carbonyl (C=O) groups is 2. The molecule has 18 heavy (non-hydrogen) atoms. The number of primary amides is 2. The molecule has 8 heteroatoms. The van der Waals surface area contributed by atoms with Crippen molar-refractivity contribution in [2.75, 3.05) is 24.0 Å². The molecule has 0 aromatic heterocycles. The molecular weight excluding hydrogens is 272 g/mol. The first-order chi connectivity index (χ1) is 8.36. The second kappa shape index (κ2) is 13.0. The number of carbonyl (C=O) groups excluding carboxylic acids is 2. The van der Waals surface area contributed by atoms with Gasteiger partial charge in [-0.05, 0) is 36.9 Å². The molecule has 0 bridgehead atoms. The molecule has 0 aromatic rings. The van der Waals surface area contributed by atoms with Crippen molar-refractivity contribution in [3.8, 4) is 0 Å². The second-order valence-corrected chi connectivity index (χ2v) is 5.55. The number of hydrogen-bond acceptors (Lipinski definition) is 6. The van der Waals surface area contributed by atoms with Crippen molar-refractivity contribution >= 4 is 35.3 Å². The number of hydrogen-bond donors (Lipinski definition) is 4. The van der Waals surface area contributed by atoms with Crippen LogP contribution in [0.3, 0.4) is 0 Å². The summed E-state index contributed by atoms with van der Waals surface area (Å²) in [5.41, 5.74) is 20.4. The van der Waals surface area contributed by atoms with Gasteiger partial charge in [-0.25, -0.2) is 0 Å². The van der Waals surface area contributed by atoms with Gasteiger partial charge < -0.3 is 22.9 Å². The van der Waals surface area contributed by atoms with Gasteiger partial charge in [-0.1, -0.05) is 0 Å². The zero-order valence-electron chi connectivity index (χ0n) is 10.9. The van der Waals surface area contributed by atoms with Crippen molar-refractivity contribution in [2.24, 2.45) is 22.9 Å². The minimum absolute atomic E-state index is 0.413. The molecule has 0 radical (unpaired) electrons. The molecule has 0 aliphatic rings. The lowest BCUT2D eigenvalue weighted by Gasteiger charge is -2.03. The summed E-state index contributed by atoms with van der Waals surface area (Å²) < 4.78 is 0. The fraction of sp³-hybridized carbons (Fsp3) is 0.800. The predicted molar refractivity (Wildman–Crippen MR) is 80.3 cm³/mol. The molecule has 0 spiro atoms. The lowest BCUT2D eigenvalue weighted by molar-refractivity contribution is -0.120. The molecule has 2 amide bonds. The molecule has 0 saturated carbocycles. The number of rotatable bonds is 8. The van der Waals surface area contributed by atoms with E-state index in [1.54, 1.807) is 23.5 Å². The monoisotopic (exact) mass is 296 g/mol. The number of amides is 2.